The van der Waals surface area contributed by atoms with E-state index in [9.17, 15) is 9.59 Å². The third-order valence-corrected chi connectivity index (χ3v) is 3.91. The van der Waals surface area contributed by atoms with E-state index in [1.54, 1.807) is 41.3 Å². The van der Waals surface area contributed by atoms with Crippen molar-refractivity contribution in [2.75, 3.05) is 11.9 Å². The number of halogens is 1. The zero-order valence-electron chi connectivity index (χ0n) is 11.8. The van der Waals surface area contributed by atoms with Crippen molar-refractivity contribution >= 4 is 29.1 Å². The minimum Gasteiger partial charge on any atom is -0.459 e. The van der Waals surface area contributed by atoms with Gasteiger partial charge in [-0.05, 0) is 49.2 Å². The van der Waals surface area contributed by atoms with Gasteiger partial charge in [0.25, 0.3) is 5.91 Å². The molecule has 0 bridgehead atoms. The van der Waals surface area contributed by atoms with Gasteiger partial charge in [-0.15, -0.1) is 0 Å². The Hall–Kier alpha value is -2.27. The summed E-state index contributed by atoms with van der Waals surface area (Å²) < 4.78 is 5.13. The van der Waals surface area contributed by atoms with Crippen molar-refractivity contribution in [2.24, 2.45) is 0 Å². The predicted octanol–water partition coefficient (Wildman–Crippen LogP) is 3.18. The molecule has 22 heavy (non-hydrogen) atoms. The fraction of sp³-hybridized carbons (Fsp3) is 0.250. The predicted molar refractivity (Wildman–Crippen MR) is 82.8 cm³/mol. The van der Waals surface area contributed by atoms with Crippen LogP contribution in [0.4, 0.5) is 5.69 Å². The quantitative estimate of drug-likeness (QED) is 0.945. The number of anilines is 1. The average Bonchev–Trinajstić information content (AvgIpc) is 3.20. The molecule has 6 heteroatoms. The van der Waals surface area contributed by atoms with E-state index in [0.717, 1.165) is 6.42 Å². The molecule has 0 spiro atoms. The molecule has 2 amide bonds. The Morgan fingerprint density at radius 2 is 2.00 bits per heavy atom. The van der Waals surface area contributed by atoms with Crippen molar-refractivity contribution in [1.82, 2.24) is 4.90 Å². The second kappa shape index (κ2) is 6.23. The number of likely N-dealkylation sites (tertiary alicyclic amines) is 1. The number of carbonyl (C=O) groups is 2. The van der Waals surface area contributed by atoms with Gasteiger partial charge in [-0.3, -0.25) is 9.59 Å². The van der Waals surface area contributed by atoms with Gasteiger partial charge in [0, 0.05) is 17.3 Å². The standard InChI is InChI=1S/C16H15ClN2O3/c17-11-5-7-12(8-6-11)18-15(20)13-3-1-9-19(13)16(21)14-4-2-10-22-14/h2,4-8,10,13H,1,3,9H2,(H,18,20)/t13-/m0/s1. The van der Waals surface area contributed by atoms with E-state index < -0.39 is 6.04 Å². The molecule has 1 aliphatic rings. The second-order valence-electron chi connectivity index (χ2n) is 5.13. The number of hydrogen-bond acceptors (Lipinski definition) is 3. The summed E-state index contributed by atoms with van der Waals surface area (Å²) in [5.74, 6) is -0.190. The van der Waals surface area contributed by atoms with Gasteiger partial charge in [0.15, 0.2) is 5.76 Å². The molecule has 1 aromatic carbocycles. The Kier molecular flexibility index (Phi) is 4.15. The lowest BCUT2D eigenvalue weighted by molar-refractivity contribution is -0.119. The van der Waals surface area contributed by atoms with Crippen LogP contribution in [-0.4, -0.2) is 29.3 Å². The number of benzene rings is 1. The van der Waals surface area contributed by atoms with Crippen molar-refractivity contribution in [1.29, 1.82) is 0 Å². The Morgan fingerprint density at radius 1 is 1.23 bits per heavy atom. The Morgan fingerprint density at radius 3 is 2.68 bits per heavy atom. The number of rotatable bonds is 3. The Bertz CT molecular complexity index is 667. The molecule has 2 aromatic rings. The molecule has 5 nitrogen and oxygen atoms in total. The summed E-state index contributed by atoms with van der Waals surface area (Å²) in [6.45, 7) is 0.554. The van der Waals surface area contributed by atoms with Crippen molar-refractivity contribution in [3.05, 3.63) is 53.4 Å². The molecule has 0 saturated carbocycles. The van der Waals surface area contributed by atoms with Crippen LogP contribution in [0, 0.1) is 0 Å². The monoisotopic (exact) mass is 318 g/mol. The summed E-state index contributed by atoms with van der Waals surface area (Å²) >= 11 is 5.82. The first-order chi connectivity index (χ1) is 10.6. The van der Waals surface area contributed by atoms with Crippen molar-refractivity contribution < 1.29 is 14.0 Å². The molecule has 3 rings (SSSR count). The highest BCUT2D eigenvalue weighted by molar-refractivity contribution is 6.30. The summed E-state index contributed by atoms with van der Waals surface area (Å²) in [6.07, 6.45) is 2.89. The number of amides is 2. The highest BCUT2D eigenvalue weighted by Crippen LogP contribution is 2.22. The van der Waals surface area contributed by atoms with Crippen LogP contribution in [0.2, 0.25) is 5.02 Å². The first-order valence-electron chi connectivity index (χ1n) is 7.06. The lowest BCUT2D eigenvalue weighted by Gasteiger charge is -2.23. The normalized spacial score (nSPS) is 17.5. The van der Waals surface area contributed by atoms with E-state index in [4.69, 9.17) is 16.0 Å². The topological polar surface area (TPSA) is 62.6 Å². The highest BCUT2D eigenvalue weighted by atomic mass is 35.5. The van der Waals surface area contributed by atoms with E-state index in [2.05, 4.69) is 5.32 Å². The molecule has 0 radical (unpaired) electrons. The summed E-state index contributed by atoms with van der Waals surface area (Å²) in [5, 5.41) is 3.42. The molecular formula is C16H15ClN2O3. The summed E-state index contributed by atoms with van der Waals surface area (Å²) in [7, 11) is 0. The van der Waals surface area contributed by atoms with E-state index in [-0.39, 0.29) is 17.6 Å². The van der Waals surface area contributed by atoms with E-state index in [1.165, 1.54) is 6.26 Å². The molecule has 0 aliphatic carbocycles. The lowest BCUT2D eigenvalue weighted by Crippen LogP contribution is -2.43. The van der Waals surface area contributed by atoms with Gasteiger partial charge in [0.05, 0.1) is 6.26 Å². The highest BCUT2D eigenvalue weighted by Gasteiger charge is 2.35. The Labute approximate surface area is 132 Å². The van der Waals surface area contributed by atoms with Crippen LogP contribution in [0.5, 0.6) is 0 Å². The van der Waals surface area contributed by atoms with Crippen molar-refractivity contribution in [3.8, 4) is 0 Å². The SMILES string of the molecule is O=C(Nc1ccc(Cl)cc1)[C@@H]1CCCN1C(=O)c1ccco1. The van der Waals surface area contributed by atoms with Gasteiger partial charge < -0.3 is 14.6 Å². The first-order valence-corrected chi connectivity index (χ1v) is 7.44. The minimum atomic E-state index is -0.478. The van der Waals surface area contributed by atoms with Gasteiger partial charge in [-0.25, -0.2) is 0 Å². The van der Waals surface area contributed by atoms with Crippen LogP contribution >= 0.6 is 11.6 Å². The average molecular weight is 319 g/mol. The molecule has 1 N–H and O–H groups in total. The molecular weight excluding hydrogens is 304 g/mol. The van der Waals surface area contributed by atoms with Crippen LogP contribution in [0.15, 0.2) is 47.1 Å². The third-order valence-electron chi connectivity index (χ3n) is 3.66. The number of hydrogen-bond donors (Lipinski definition) is 1. The van der Waals surface area contributed by atoms with Crippen LogP contribution in [0.25, 0.3) is 0 Å². The van der Waals surface area contributed by atoms with Gasteiger partial charge in [0.1, 0.15) is 6.04 Å². The van der Waals surface area contributed by atoms with Gasteiger partial charge in [0.2, 0.25) is 5.91 Å². The molecule has 2 heterocycles. The smallest absolute Gasteiger partial charge is 0.290 e. The zero-order chi connectivity index (χ0) is 15.5. The number of furan rings is 1. The maximum Gasteiger partial charge on any atom is 0.290 e. The number of nitrogens with one attached hydrogen (secondary N) is 1. The summed E-state index contributed by atoms with van der Waals surface area (Å²) in [4.78, 5) is 26.3. The number of nitrogens with zero attached hydrogens (tertiary/aromatic N) is 1. The molecule has 1 saturated heterocycles. The molecule has 1 fully saturated rings. The lowest BCUT2D eigenvalue weighted by atomic mass is 10.2. The summed E-state index contributed by atoms with van der Waals surface area (Å²) in [5.41, 5.74) is 0.659. The van der Waals surface area contributed by atoms with E-state index in [0.29, 0.717) is 23.7 Å². The fourth-order valence-electron chi connectivity index (χ4n) is 2.58. The molecule has 1 aromatic heterocycles. The summed E-state index contributed by atoms with van der Waals surface area (Å²) in [6, 6.07) is 9.66. The zero-order valence-corrected chi connectivity index (χ0v) is 12.5. The second-order valence-corrected chi connectivity index (χ2v) is 5.57. The van der Waals surface area contributed by atoms with E-state index >= 15 is 0 Å². The first kappa shape index (κ1) is 14.7. The van der Waals surface area contributed by atoms with Crippen molar-refractivity contribution in [2.45, 2.75) is 18.9 Å². The third kappa shape index (κ3) is 2.99. The minimum absolute atomic E-state index is 0.195. The maximum absolute atomic E-state index is 12.4. The van der Waals surface area contributed by atoms with Gasteiger partial charge in [-0.1, -0.05) is 11.6 Å². The maximum atomic E-state index is 12.4. The Balaban J connectivity index is 1.71. The van der Waals surface area contributed by atoms with Crippen LogP contribution in [0.1, 0.15) is 23.4 Å². The largest absolute Gasteiger partial charge is 0.459 e. The molecule has 1 aliphatic heterocycles. The molecule has 1 atom stereocenters. The van der Waals surface area contributed by atoms with Crippen LogP contribution in [-0.2, 0) is 4.79 Å². The molecule has 0 unspecified atom stereocenters. The van der Waals surface area contributed by atoms with Gasteiger partial charge >= 0.3 is 0 Å². The van der Waals surface area contributed by atoms with Crippen LogP contribution < -0.4 is 5.32 Å². The molecule has 114 valence electrons. The van der Waals surface area contributed by atoms with Gasteiger partial charge in [-0.2, -0.15) is 0 Å². The number of carbonyl (C=O) groups excluding carboxylic acids is 2. The van der Waals surface area contributed by atoms with E-state index in [1.807, 2.05) is 0 Å². The fourth-order valence-corrected chi connectivity index (χ4v) is 2.71. The van der Waals surface area contributed by atoms with Crippen LogP contribution in [0.3, 0.4) is 0 Å². The van der Waals surface area contributed by atoms with Crippen molar-refractivity contribution in [3.63, 3.8) is 0 Å².